The molecule has 0 aliphatic rings. The molecule has 0 aromatic carbocycles. The zero-order valence-corrected chi connectivity index (χ0v) is 11.9. The van der Waals surface area contributed by atoms with Crippen molar-refractivity contribution in [2.75, 3.05) is 43.6 Å². The highest BCUT2D eigenvalue weighted by molar-refractivity contribution is 6.28. The van der Waals surface area contributed by atoms with Crippen LogP contribution in [-0.2, 0) is 4.74 Å². The first-order valence-electron chi connectivity index (χ1n) is 6.10. The minimum atomic E-state index is 0.203. The second-order valence-electron chi connectivity index (χ2n) is 3.73. The van der Waals surface area contributed by atoms with Crippen LogP contribution in [-0.4, -0.2) is 48.3 Å². The van der Waals surface area contributed by atoms with E-state index in [4.69, 9.17) is 16.3 Å². The van der Waals surface area contributed by atoms with Gasteiger partial charge in [0.2, 0.25) is 17.2 Å². The lowest BCUT2D eigenvalue weighted by Crippen LogP contribution is -2.29. The highest BCUT2D eigenvalue weighted by Gasteiger charge is 2.11. The zero-order chi connectivity index (χ0) is 13.4. The minimum absolute atomic E-state index is 0.203. The summed E-state index contributed by atoms with van der Waals surface area (Å²) in [7, 11) is 1.67. The number of hydrogen-bond donors (Lipinski definition) is 1. The highest BCUT2D eigenvalue weighted by atomic mass is 35.5. The average molecular weight is 274 g/mol. The molecule has 0 unspecified atom stereocenters. The van der Waals surface area contributed by atoms with Gasteiger partial charge in [0.15, 0.2) is 0 Å². The lowest BCUT2D eigenvalue weighted by molar-refractivity contribution is 0.205. The van der Waals surface area contributed by atoms with Gasteiger partial charge in [-0.05, 0) is 24.9 Å². The number of nitrogens with zero attached hydrogens (tertiary/aromatic N) is 4. The fraction of sp³-hybridized carbons (Fsp3) is 0.727. The third-order valence-electron chi connectivity index (χ3n) is 2.36. The first-order chi connectivity index (χ1) is 8.71. The van der Waals surface area contributed by atoms with Gasteiger partial charge in [0.05, 0.1) is 6.61 Å². The van der Waals surface area contributed by atoms with E-state index in [2.05, 4.69) is 27.2 Å². The molecule has 0 spiro atoms. The van der Waals surface area contributed by atoms with Crippen LogP contribution in [0.25, 0.3) is 0 Å². The normalized spacial score (nSPS) is 10.4. The van der Waals surface area contributed by atoms with E-state index < -0.39 is 0 Å². The lowest BCUT2D eigenvalue weighted by atomic mass is 10.5. The Morgan fingerprint density at radius 1 is 1.28 bits per heavy atom. The Kier molecular flexibility index (Phi) is 6.67. The van der Waals surface area contributed by atoms with Gasteiger partial charge in [-0.1, -0.05) is 6.92 Å². The van der Waals surface area contributed by atoms with Crippen LogP contribution < -0.4 is 10.2 Å². The van der Waals surface area contributed by atoms with Gasteiger partial charge in [0.1, 0.15) is 0 Å². The molecule has 18 heavy (non-hydrogen) atoms. The molecule has 1 N–H and O–H groups in total. The van der Waals surface area contributed by atoms with Gasteiger partial charge < -0.3 is 15.0 Å². The van der Waals surface area contributed by atoms with E-state index in [1.807, 2.05) is 11.8 Å². The molecule has 7 heteroatoms. The maximum absolute atomic E-state index is 5.90. The summed E-state index contributed by atoms with van der Waals surface area (Å²) in [5.41, 5.74) is 0. The highest BCUT2D eigenvalue weighted by Crippen LogP contribution is 2.13. The second-order valence-corrected chi connectivity index (χ2v) is 4.07. The average Bonchev–Trinajstić information content (AvgIpc) is 2.37. The molecule has 0 amide bonds. The van der Waals surface area contributed by atoms with Crippen LogP contribution >= 0.6 is 11.6 Å². The molecule has 102 valence electrons. The van der Waals surface area contributed by atoms with Crippen molar-refractivity contribution < 1.29 is 4.74 Å². The van der Waals surface area contributed by atoms with Gasteiger partial charge in [0.25, 0.3) is 0 Å². The van der Waals surface area contributed by atoms with E-state index >= 15 is 0 Å². The van der Waals surface area contributed by atoms with Gasteiger partial charge in [-0.3, -0.25) is 0 Å². The molecule has 1 rings (SSSR count). The summed E-state index contributed by atoms with van der Waals surface area (Å²) in [5, 5.41) is 3.31. The number of methoxy groups -OCH3 is 1. The quantitative estimate of drug-likeness (QED) is 0.780. The Morgan fingerprint density at radius 2 is 2.06 bits per heavy atom. The molecular weight excluding hydrogens is 254 g/mol. The van der Waals surface area contributed by atoms with Crippen molar-refractivity contribution in [3.8, 4) is 0 Å². The van der Waals surface area contributed by atoms with Crippen molar-refractivity contribution in [3.05, 3.63) is 5.28 Å². The second kappa shape index (κ2) is 8.05. The summed E-state index contributed by atoms with van der Waals surface area (Å²) >= 11 is 5.90. The Bertz CT molecular complexity index is 363. The third kappa shape index (κ3) is 4.62. The molecule has 1 aromatic heterocycles. The minimum Gasteiger partial charge on any atom is -0.383 e. The van der Waals surface area contributed by atoms with E-state index in [1.165, 1.54) is 0 Å². The van der Waals surface area contributed by atoms with Crippen molar-refractivity contribution in [2.24, 2.45) is 0 Å². The number of nitrogens with one attached hydrogen (secondary N) is 1. The summed E-state index contributed by atoms with van der Waals surface area (Å²) in [6.07, 6.45) is 1.000. The zero-order valence-electron chi connectivity index (χ0n) is 11.1. The molecule has 0 aliphatic carbocycles. The van der Waals surface area contributed by atoms with Gasteiger partial charge in [-0.2, -0.15) is 15.0 Å². The van der Waals surface area contributed by atoms with E-state index in [1.54, 1.807) is 7.11 Å². The number of halogens is 1. The maximum Gasteiger partial charge on any atom is 0.231 e. The van der Waals surface area contributed by atoms with Crippen molar-refractivity contribution in [1.29, 1.82) is 0 Å². The summed E-state index contributed by atoms with van der Waals surface area (Å²) in [6.45, 7) is 7.05. The molecule has 6 nitrogen and oxygen atoms in total. The van der Waals surface area contributed by atoms with Crippen molar-refractivity contribution in [3.63, 3.8) is 0 Å². The van der Waals surface area contributed by atoms with Crippen LogP contribution in [0.3, 0.4) is 0 Å². The summed E-state index contributed by atoms with van der Waals surface area (Å²) in [4.78, 5) is 14.5. The lowest BCUT2D eigenvalue weighted by Gasteiger charge is -2.20. The molecule has 0 fully saturated rings. The van der Waals surface area contributed by atoms with Crippen LogP contribution in [0, 0.1) is 0 Å². The monoisotopic (exact) mass is 273 g/mol. The molecular formula is C11H20ClN5O. The Labute approximate surface area is 113 Å². The van der Waals surface area contributed by atoms with Crippen molar-refractivity contribution in [1.82, 2.24) is 15.0 Å². The van der Waals surface area contributed by atoms with Crippen molar-refractivity contribution >= 4 is 23.5 Å². The van der Waals surface area contributed by atoms with Crippen LogP contribution in [0.2, 0.25) is 5.28 Å². The number of anilines is 2. The smallest absolute Gasteiger partial charge is 0.231 e. The molecule has 0 saturated heterocycles. The molecule has 0 saturated carbocycles. The standard InChI is InChI=1S/C11H20ClN5O/c1-4-6-13-10-14-9(12)15-11(16-10)17(5-2)7-8-18-3/h4-8H2,1-3H3,(H,13,14,15,16). The molecule has 0 aliphatic heterocycles. The van der Waals surface area contributed by atoms with E-state index in [9.17, 15) is 0 Å². The fourth-order valence-corrected chi connectivity index (χ4v) is 1.55. The van der Waals surface area contributed by atoms with Gasteiger partial charge >= 0.3 is 0 Å². The number of hydrogen-bond acceptors (Lipinski definition) is 6. The third-order valence-corrected chi connectivity index (χ3v) is 2.53. The fourth-order valence-electron chi connectivity index (χ4n) is 1.40. The molecule has 0 atom stereocenters. The summed E-state index contributed by atoms with van der Waals surface area (Å²) in [6, 6.07) is 0. The van der Waals surface area contributed by atoms with Gasteiger partial charge in [-0.15, -0.1) is 0 Å². The first kappa shape index (κ1) is 14.9. The first-order valence-corrected chi connectivity index (χ1v) is 6.48. The van der Waals surface area contributed by atoms with Crippen LogP contribution in [0.1, 0.15) is 20.3 Å². The predicted octanol–water partition coefficient (Wildman–Crippen LogP) is 1.82. The van der Waals surface area contributed by atoms with E-state index in [0.717, 1.165) is 26.1 Å². The molecule has 1 heterocycles. The van der Waals surface area contributed by atoms with E-state index in [-0.39, 0.29) is 5.28 Å². The van der Waals surface area contributed by atoms with Crippen LogP contribution in [0.15, 0.2) is 0 Å². The topological polar surface area (TPSA) is 63.2 Å². The number of rotatable bonds is 8. The predicted molar refractivity (Wildman–Crippen MR) is 73.4 cm³/mol. The number of likely N-dealkylation sites (N-methyl/N-ethyl adjacent to an activating group) is 1. The Balaban J connectivity index is 2.81. The maximum atomic E-state index is 5.90. The molecule has 1 aromatic rings. The van der Waals surface area contributed by atoms with Crippen LogP contribution in [0.4, 0.5) is 11.9 Å². The largest absolute Gasteiger partial charge is 0.383 e. The van der Waals surface area contributed by atoms with Crippen molar-refractivity contribution in [2.45, 2.75) is 20.3 Å². The van der Waals surface area contributed by atoms with Gasteiger partial charge in [-0.25, -0.2) is 0 Å². The van der Waals surface area contributed by atoms with Crippen LogP contribution in [0.5, 0.6) is 0 Å². The molecule has 0 radical (unpaired) electrons. The van der Waals surface area contributed by atoms with Gasteiger partial charge in [0, 0.05) is 26.7 Å². The summed E-state index contributed by atoms with van der Waals surface area (Å²) < 4.78 is 5.06. The Morgan fingerprint density at radius 3 is 2.67 bits per heavy atom. The number of ether oxygens (including phenoxy) is 1. The Hall–Kier alpha value is -1.14. The SMILES string of the molecule is CCCNc1nc(Cl)nc(N(CC)CCOC)n1. The number of aromatic nitrogens is 3. The summed E-state index contributed by atoms with van der Waals surface area (Å²) in [5.74, 6) is 1.09. The van der Waals surface area contributed by atoms with E-state index in [0.29, 0.717) is 18.5 Å². The molecule has 0 bridgehead atoms.